The SMILES string of the molecule is COC(=O)[C@@H](OC(C)(C)C)c1c(C)cc2nc3cn2c1N1CCC(C)(CC1)OC/C=C\C[C@H](C)Oc1cc(F)cc(F)c1-c1cccc-3c1. The number of nitrogens with zero attached hydrogens (tertiary/aromatic N) is 3. The van der Waals surface area contributed by atoms with Gasteiger partial charge in [0.2, 0.25) is 0 Å². The highest BCUT2D eigenvalue weighted by molar-refractivity contribution is 5.82. The number of anilines is 1. The van der Waals surface area contributed by atoms with Crippen molar-refractivity contribution in [1.82, 2.24) is 9.38 Å². The number of fused-ring (bicyclic) bond motifs is 7. The number of piperidine rings is 1. The summed E-state index contributed by atoms with van der Waals surface area (Å²) in [6.45, 7) is 13.5. The third-order valence-electron chi connectivity index (χ3n) is 9.20. The van der Waals surface area contributed by atoms with E-state index >= 15 is 4.39 Å². The van der Waals surface area contributed by atoms with Gasteiger partial charge < -0.3 is 23.8 Å². The number of halogens is 2. The first-order valence-corrected chi connectivity index (χ1v) is 16.8. The molecule has 0 saturated carbocycles. The van der Waals surface area contributed by atoms with E-state index in [0.717, 1.165) is 35.9 Å². The molecule has 7 rings (SSSR count). The van der Waals surface area contributed by atoms with Crippen LogP contribution in [0.5, 0.6) is 5.75 Å². The van der Waals surface area contributed by atoms with Crippen molar-refractivity contribution >= 4 is 17.4 Å². The molecule has 0 aliphatic carbocycles. The van der Waals surface area contributed by atoms with E-state index in [2.05, 4.69) is 11.8 Å². The van der Waals surface area contributed by atoms with E-state index in [9.17, 15) is 9.18 Å². The number of carbonyl (C=O) groups excluding carboxylic acids is 1. The molecular weight excluding hydrogens is 628 g/mol. The van der Waals surface area contributed by atoms with Crippen molar-refractivity contribution in [3.05, 3.63) is 83.6 Å². The molecule has 3 aliphatic rings. The van der Waals surface area contributed by atoms with Gasteiger partial charge in [0.15, 0.2) is 6.10 Å². The van der Waals surface area contributed by atoms with Crippen LogP contribution in [0.4, 0.5) is 14.6 Å². The van der Waals surface area contributed by atoms with E-state index < -0.39 is 29.3 Å². The largest absolute Gasteiger partial charge is 0.490 e. The van der Waals surface area contributed by atoms with E-state index in [1.807, 2.05) is 81.6 Å². The molecule has 0 unspecified atom stereocenters. The molecule has 2 aromatic heterocycles. The van der Waals surface area contributed by atoms with Crippen molar-refractivity contribution in [2.75, 3.05) is 31.7 Å². The molecule has 0 spiro atoms. The maximum Gasteiger partial charge on any atom is 0.339 e. The van der Waals surface area contributed by atoms with E-state index in [1.54, 1.807) is 6.07 Å². The van der Waals surface area contributed by atoms with Gasteiger partial charge in [0.25, 0.3) is 0 Å². The molecule has 6 bridgehead atoms. The van der Waals surface area contributed by atoms with Gasteiger partial charge in [-0.3, -0.25) is 4.40 Å². The number of methoxy groups -OCH3 is 1. The number of ether oxygens (including phenoxy) is 4. The number of esters is 1. The maximum atomic E-state index is 15.5. The quantitative estimate of drug-likeness (QED) is 0.160. The minimum absolute atomic E-state index is 0.129. The third-order valence-corrected chi connectivity index (χ3v) is 9.20. The Kier molecular flexibility index (Phi) is 9.57. The Morgan fingerprint density at radius 2 is 1.82 bits per heavy atom. The van der Waals surface area contributed by atoms with E-state index in [-0.39, 0.29) is 23.0 Å². The molecule has 1 saturated heterocycles. The number of hydrogen-bond donors (Lipinski definition) is 0. The number of rotatable bonds is 3. The van der Waals surface area contributed by atoms with Gasteiger partial charge in [0.1, 0.15) is 28.8 Å². The van der Waals surface area contributed by atoms with Crippen LogP contribution in [0.25, 0.3) is 28.0 Å². The monoisotopic (exact) mass is 673 g/mol. The molecule has 2 aromatic carbocycles. The van der Waals surface area contributed by atoms with Gasteiger partial charge in [-0.15, -0.1) is 0 Å². The van der Waals surface area contributed by atoms with Crippen LogP contribution in [0.15, 0.2) is 60.8 Å². The van der Waals surface area contributed by atoms with Crippen LogP contribution in [0.3, 0.4) is 0 Å². The summed E-state index contributed by atoms with van der Waals surface area (Å²) in [6.07, 6.45) is 6.61. The number of imidazole rings is 1. The molecule has 0 radical (unpaired) electrons. The fourth-order valence-electron chi connectivity index (χ4n) is 6.68. The maximum absolute atomic E-state index is 15.5. The lowest BCUT2D eigenvalue weighted by Gasteiger charge is -2.41. The summed E-state index contributed by atoms with van der Waals surface area (Å²) in [7, 11) is 1.37. The molecule has 0 N–H and O–H groups in total. The number of benzene rings is 2. The average molecular weight is 674 g/mol. The van der Waals surface area contributed by atoms with Gasteiger partial charge in [-0.2, -0.15) is 0 Å². The van der Waals surface area contributed by atoms with Gasteiger partial charge in [-0.25, -0.2) is 18.6 Å². The van der Waals surface area contributed by atoms with Crippen LogP contribution in [-0.2, 0) is 19.0 Å². The van der Waals surface area contributed by atoms with E-state index in [1.165, 1.54) is 13.2 Å². The first-order valence-electron chi connectivity index (χ1n) is 16.8. The van der Waals surface area contributed by atoms with E-state index in [4.69, 9.17) is 23.9 Å². The highest BCUT2D eigenvalue weighted by Crippen LogP contribution is 2.41. The normalized spacial score (nSPS) is 21.2. The second-order valence-corrected chi connectivity index (χ2v) is 14.3. The highest BCUT2D eigenvalue weighted by Gasteiger charge is 2.37. The fraction of sp³-hybridized carbons (Fsp3) is 0.436. The Labute approximate surface area is 286 Å². The summed E-state index contributed by atoms with van der Waals surface area (Å²) in [5, 5.41) is 0. The molecule has 260 valence electrons. The first-order chi connectivity index (χ1) is 23.2. The number of aromatic nitrogens is 2. The lowest BCUT2D eigenvalue weighted by molar-refractivity contribution is -0.164. The van der Waals surface area contributed by atoms with Gasteiger partial charge in [-0.1, -0.05) is 30.4 Å². The zero-order valence-electron chi connectivity index (χ0n) is 29.3. The molecule has 8 nitrogen and oxygen atoms in total. The standard InChI is InChI=1S/C39H45F2N3O5/c1-24-19-32-42-30-23-44(32)36(33(24)35(37(45)46-7)49-38(3,4)5)43-16-14-39(6,15-17-43)47-18-9-8-11-25(2)48-31-22-28(40)21-29(41)34(31)27-13-10-12-26(30)20-27/h8-10,12-13,19-23,25,35H,11,14-18H2,1-7H3/b9-8-/t25-,35-/m0/s1. The van der Waals surface area contributed by atoms with Crippen molar-refractivity contribution in [2.45, 2.75) is 84.2 Å². The number of pyridine rings is 1. The number of carbonyl (C=O) groups is 1. The minimum atomic E-state index is -0.985. The third kappa shape index (κ3) is 7.35. The van der Waals surface area contributed by atoms with Crippen LogP contribution in [0.2, 0.25) is 0 Å². The molecule has 3 aliphatic heterocycles. The molecule has 49 heavy (non-hydrogen) atoms. The van der Waals surface area contributed by atoms with Gasteiger partial charge in [-0.05, 0) is 77.6 Å². The summed E-state index contributed by atoms with van der Waals surface area (Å²) < 4.78 is 56.3. The van der Waals surface area contributed by atoms with E-state index in [0.29, 0.717) is 48.6 Å². The fourth-order valence-corrected chi connectivity index (χ4v) is 6.68. The Morgan fingerprint density at radius 3 is 2.53 bits per heavy atom. The minimum Gasteiger partial charge on any atom is -0.490 e. The number of hydrogen-bond acceptors (Lipinski definition) is 7. The lowest BCUT2D eigenvalue weighted by Crippen LogP contribution is -2.45. The van der Waals surface area contributed by atoms with Crippen molar-refractivity contribution in [2.24, 2.45) is 0 Å². The Balaban J connectivity index is 1.57. The Bertz CT molecular complexity index is 1890. The van der Waals surface area contributed by atoms with Crippen molar-refractivity contribution in [3.63, 3.8) is 0 Å². The summed E-state index contributed by atoms with van der Waals surface area (Å²) in [4.78, 5) is 20.7. The van der Waals surface area contributed by atoms with Crippen molar-refractivity contribution in [3.8, 4) is 28.1 Å². The summed E-state index contributed by atoms with van der Waals surface area (Å²) in [5.74, 6) is -0.984. The second kappa shape index (κ2) is 13.6. The zero-order valence-corrected chi connectivity index (χ0v) is 29.3. The average Bonchev–Trinajstić information content (AvgIpc) is 3.46. The molecule has 4 aromatic rings. The van der Waals surface area contributed by atoms with Crippen LogP contribution >= 0.6 is 0 Å². The topological polar surface area (TPSA) is 74.5 Å². The molecule has 0 amide bonds. The van der Waals surface area contributed by atoms with Gasteiger partial charge in [0.05, 0.1) is 42.3 Å². The summed E-state index contributed by atoms with van der Waals surface area (Å²) in [6, 6.07) is 11.4. The molecule has 5 heterocycles. The van der Waals surface area contributed by atoms with Gasteiger partial charge in [0, 0.05) is 49.0 Å². The Morgan fingerprint density at radius 1 is 1.08 bits per heavy atom. The molecule has 1 fully saturated rings. The first kappa shape index (κ1) is 34.6. The lowest BCUT2D eigenvalue weighted by atomic mass is 9.92. The molecular formula is C39H45F2N3O5. The van der Waals surface area contributed by atoms with Crippen LogP contribution in [-0.4, -0.2) is 59.5 Å². The molecule has 2 atom stereocenters. The molecule has 10 heteroatoms. The van der Waals surface area contributed by atoms with Gasteiger partial charge >= 0.3 is 5.97 Å². The second-order valence-electron chi connectivity index (χ2n) is 14.3. The predicted octanol–water partition coefficient (Wildman–Crippen LogP) is 8.39. The summed E-state index contributed by atoms with van der Waals surface area (Å²) >= 11 is 0. The highest BCUT2D eigenvalue weighted by atomic mass is 19.1. The summed E-state index contributed by atoms with van der Waals surface area (Å²) in [5.41, 5.74) is 3.33. The Hall–Kier alpha value is -4.28. The smallest absolute Gasteiger partial charge is 0.339 e. The predicted molar refractivity (Wildman–Crippen MR) is 186 cm³/mol. The van der Waals surface area contributed by atoms with Crippen LogP contribution in [0.1, 0.15) is 71.1 Å². The zero-order chi connectivity index (χ0) is 35.1. The van der Waals surface area contributed by atoms with Crippen molar-refractivity contribution in [1.29, 1.82) is 0 Å². The number of aryl methyl sites for hydroxylation is 1. The van der Waals surface area contributed by atoms with Crippen LogP contribution < -0.4 is 9.64 Å². The van der Waals surface area contributed by atoms with Crippen molar-refractivity contribution < 1.29 is 32.5 Å². The van der Waals surface area contributed by atoms with Crippen LogP contribution in [0, 0.1) is 18.6 Å².